The predicted molar refractivity (Wildman–Crippen MR) is 78.0 cm³/mol. The summed E-state index contributed by atoms with van der Waals surface area (Å²) >= 11 is 3.46. The second-order valence-electron chi connectivity index (χ2n) is 4.52. The summed E-state index contributed by atoms with van der Waals surface area (Å²) in [6.45, 7) is 2.63. The van der Waals surface area contributed by atoms with Gasteiger partial charge in [0.15, 0.2) is 0 Å². The predicted octanol–water partition coefficient (Wildman–Crippen LogP) is 1.94. The summed E-state index contributed by atoms with van der Waals surface area (Å²) < 4.78 is 12.2. The minimum Gasteiger partial charge on any atom is -0.388 e. The Labute approximate surface area is 119 Å². The molecule has 0 radical (unpaired) electrons. The van der Waals surface area contributed by atoms with Crippen LogP contribution in [0.5, 0.6) is 0 Å². The molecule has 1 heterocycles. The molecule has 1 aromatic rings. The monoisotopic (exact) mass is 331 g/mol. The molecule has 1 fully saturated rings. The molecule has 0 aromatic heterocycles. The molecule has 0 aliphatic carbocycles. The van der Waals surface area contributed by atoms with Gasteiger partial charge in [0.25, 0.3) is 0 Å². The van der Waals surface area contributed by atoms with Crippen LogP contribution in [0.4, 0.5) is 0 Å². The summed E-state index contributed by atoms with van der Waals surface area (Å²) in [4.78, 5) is 2.28. The second kappa shape index (κ2) is 6.80. The lowest BCUT2D eigenvalue weighted by Crippen LogP contribution is -2.38. The highest BCUT2D eigenvalue weighted by molar-refractivity contribution is 9.10. The molecule has 2 rings (SSSR count). The molecule has 1 aromatic carbocycles. The maximum Gasteiger partial charge on any atom is 0.0813 e. The van der Waals surface area contributed by atoms with Crippen molar-refractivity contribution in [3.63, 3.8) is 0 Å². The highest BCUT2D eigenvalue weighted by atomic mass is 79.9. The molecule has 100 valence electrons. The van der Waals surface area contributed by atoms with E-state index in [-0.39, 0.29) is 0 Å². The van der Waals surface area contributed by atoms with Gasteiger partial charge in [0.1, 0.15) is 0 Å². The fourth-order valence-corrected chi connectivity index (χ4v) is 3.78. The molecule has 0 amide bonds. The molecule has 1 atom stereocenters. The first-order chi connectivity index (χ1) is 8.66. The van der Waals surface area contributed by atoms with Gasteiger partial charge in [-0.2, -0.15) is 0 Å². The number of halogens is 1. The van der Waals surface area contributed by atoms with Gasteiger partial charge in [0.05, 0.1) is 6.10 Å². The topological polar surface area (TPSA) is 40.5 Å². The van der Waals surface area contributed by atoms with Crippen molar-refractivity contribution in [2.75, 3.05) is 31.1 Å². The van der Waals surface area contributed by atoms with Crippen molar-refractivity contribution in [1.82, 2.24) is 4.90 Å². The van der Waals surface area contributed by atoms with E-state index >= 15 is 0 Å². The molecule has 0 bridgehead atoms. The van der Waals surface area contributed by atoms with E-state index in [1.165, 1.54) is 0 Å². The number of rotatable bonds is 4. The van der Waals surface area contributed by atoms with E-state index in [4.69, 9.17) is 0 Å². The summed E-state index contributed by atoms with van der Waals surface area (Å²) in [5, 5.41) is 10.2. The fourth-order valence-electron chi connectivity index (χ4n) is 2.11. The fraction of sp³-hybridized carbons (Fsp3) is 0.538. The number of aliphatic hydroxyl groups excluding tert-OH is 1. The number of hydrogen-bond donors (Lipinski definition) is 1. The van der Waals surface area contributed by atoms with Crippen LogP contribution >= 0.6 is 15.9 Å². The number of nitrogens with zero attached hydrogens (tertiary/aromatic N) is 1. The van der Waals surface area contributed by atoms with Crippen LogP contribution in [0, 0.1) is 0 Å². The zero-order valence-electron chi connectivity index (χ0n) is 10.2. The van der Waals surface area contributed by atoms with E-state index in [1.807, 2.05) is 24.3 Å². The molecule has 1 saturated heterocycles. The second-order valence-corrected chi connectivity index (χ2v) is 7.07. The smallest absolute Gasteiger partial charge is 0.0813 e. The molecule has 3 nitrogen and oxygen atoms in total. The molecule has 18 heavy (non-hydrogen) atoms. The first-order valence-electron chi connectivity index (χ1n) is 6.16. The van der Waals surface area contributed by atoms with E-state index in [9.17, 15) is 9.32 Å². The molecule has 1 aliphatic heterocycles. The highest BCUT2D eigenvalue weighted by Crippen LogP contribution is 2.25. The molecular formula is C13H18BrNO2S. The summed E-state index contributed by atoms with van der Waals surface area (Å²) in [5.74, 6) is 1.54. The van der Waals surface area contributed by atoms with E-state index < -0.39 is 16.9 Å². The Bertz CT molecular complexity index is 417. The normalized spacial score (nSPS) is 19.9. The van der Waals surface area contributed by atoms with Crippen molar-refractivity contribution in [3.05, 3.63) is 34.3 Å². The van der Waals surface area contributed by atoms with Crippen molar-refractivity contribution in [2.45, 2.75) is 12.5 Å². The Balaban J connectivity index is 1.83. The van der Waals surface area contributed by atoms with Gasteiger partial charge >= 0.3 is 0 Å². The summed E-state index contributed by atoms with van der Waals surface area (Å²) in [6, 6.07) is 7.77. The summed E-state index contributed by atoms with van der Waals surface area (Å²) in [7, 11) is -0.626. The van der Waals surface area contributed by atoms with Gasteiger partial charge in [0, 0.05) is 46.4 Å². The first kappa shape index (κ1) is 14.2. The standard InChI is InChI=1S/C13H18BrNO2S/c14-12-4-2-1-3-11(12)13(16)5-6-15-7-9-18(17)10-8-15/h1-4,13,16H,5-10H2. The van der Waals surface area contributed by atoms with Gasteiger partial charge in [-0.3, -0.25) is 4.21 Å². The van der Waals surface area contributed by atoms with Gasteiger partial charge in [-0.1, -0.05) is 34.1 Å². The first-order valence-corrected chi connectivity index (χ1v) is 8.45. The van der Waals surface area contributed by atoms with Crippen LogP contribution in [0.25, 0.3) is 0 Å². The van der Waals surface area contributed by atoms with Crippen molar-refractivity contribution in [3.8, 4) is 0 Å². The summed E-state index contributed by atoms with van der Waals surface area (Å²) in [6.07, 6.45) is 0.280. The van der Waals surface area contributed by atoms with Crippen molar-refractivity contribution in [2.24, 2.45) is 0 Å². The van der Waals surface area contributed by atoms with Gasteiger partial charge in [-0.15, -0.1) is 0 Å². The largest absolute Gasteiger partial charge is 0.388 e. The van der Waals surface area contributed by atoms with Crippen molar-refractivity contribution in [1.29, 1.82) is 0 Å². The Morgan fingerprint density at radius 3 is 2.67 bits per heavy atom. The molecule has 5 heteroatoms. The third kappa shape index (κ3) is 3.88. The lowest BCUT2D eigenvalue weighted by atomic mass is 10.1. The third-order valence-electron chi connectivity index (χ3n) is 3.25. The average Bonchev–Trinajstić information content (AvgIpc) is 2.38. The Morgan fingerprint density at radius 1 is 1.33 bits per heavy atom. The van der Waals surface area contributed by atoms with Crippen molar-refractivity contribution < 1.29 is 9.32 Å². The number of benzene rings is 1. The van der Waals surface area contributed by atoms with Crippen LogP contribution in [-0.4, -0.2) is 45.4 Å². The lowest BCUT2D eigenvalue weighted by molar-refractivity contribution is 0.144. The highest BCUT2D eigenvalue weighted by Gasteiger charge is 2.17. The zero-order chi connectivity index (χ0) is 13.0. The SMILES string of the molecule is O=S1CCN(CCC(O)c2ccccc2Br)CC1. The lowest BCUT2D eigenvalue weighted by Gasteiger charge is -2.27. The van der Waals surface area contributed by atoms with Crippen LogP contribution in [0.15, 0.2) is 28.7 Å². The minimum absolute atomic E-state index is 0.437. The molecule has 1 unspecified atom stereocenters. The van der Waals surface area contributed by atoms with Gasteiger partial charge in [-0.25, -0.2) is 0 Å². The van der Waals surface area contributed by atoms with Crippen LogP contribution in [-0.2, 0) is 10.8 Å². The van der Waals surface area contributed by atoms with Crippen LogP contribution in [0.1, 0.15) is 18.1 Å². The third-order valence-corrected chi connectivity index (χ3v) is 5.25. The molecular weight excluding hydrogens is 314 g/mol. The van der Waals surface area contributed by atoms with E-state index in [1.54, 1.807) is 0 Å². The van der Waals surface area contributed by atoms with Gasteiger partial charge in [0.2, 0.25) is 0 Å². The van der Waals surface area contributed by atoms with Crippen LogP contribution in [0.3, 0.4) is 0 Å². The number of hydrogen-bond acceptors (Lipinski definition) is 3. The van der Waals surface area contributed by atoms with E-state index in [2.05, 4.69) is 20.8 Å². The number of aliphatic hydroxyl groups is 1. The zero-order valence-corrected chi connectivity index (χ0v) is 12.6. The molecule has 0 spiro atoms. The molecule has 1 aliphatic rings. The minimum atomic E-state index is -0.626. The van der Waals surface area contributed by atoms with Gasteiger partial charge in [-0.05, 0) is 18.1 Å². The maximum absolute atomic E-state index is 11.2. The molecule has 0 saturated carbocycles. The van der Waals surface area contributed by atoms with Crippen LogP contribution in [0.2, 0.25) is 0 Å². The summed E-state index contributed by atoms with van der Waals surface area (Å²) in [5.41, 5.74) is 0.943. The Morgan fingerprint density at radius 2 is 2.00 bits per heavy atom. The molecule has 1 N–H and O–H groups in total. The Kier molecular flexibility index (Phi) is 5.36. The average molecular weight is 332 g/mol. The van der Waals surface area contributed by atoms with E-state index in [0.29, 0.717) is 0 Å². The van der Waals surface area contributed by atoms with Gasteiger partial charge < -0.3 is 10.0 Å². The maximum atomic E-state index is 11.2. The quantitative estimate of drug-likeness (QED) is 0.916. The Hall–Kier alpha value is -0.230. The van der Waals surface area contributed by atoms with Crippen LogP contribution < -0.4 is 0 Å². The van der Waals surface area contributed by atoms with E-state index in [0.717, 1.165) is 47.6 Å². The van der Waals surface area contributed by atoms with Crippen molar-refractivity contribution >= 4 is 26.7 Å².